The summed E-state index contributed by atoms with van der Waals surface area (Å²) in [5.74, 6) is 1.37. The third-order valence-electron chi connectivity index (χ3n) is 4.74. The van der Waals surface area contributed by atoms with Crippen LogP contribution in [0.15, 0.2) is 36.8 Å². The fourth-order valence-electron chi connectivity index (χ4n) is 3.62. The topological polar surface area (TPSA) is 57.4 Å². The lowest BCUT2D eigenvalue weighted by molar-refractivity contribution is 0.0469. The van der Waals surface area contributed by atoms with E-state index in [-0.39, 0.29) is 6.61 Å². The van der Waals surface area contributed by atoms with Crippen LogP contribution in [0, 0.1) is 5.92 Å². The summed E-state index contributed by atoms with van der Waals surface area (Å²) in [4.78, 5) is 13.7. The predicted octanol–water partition coefficient (Wildman–Crippen LogP) is 1.79. The van der Waals surface area contributed by atoms with E-state index in [1.807, 2.05) is 18.3 Å². The first kappa shape index (κ1) is 18.0. The molecule has 0 spiro atoms. The number of aromatic nitrogens is 3. The van der Waals surface area contributed by atoms with E-state index in [0.29, 0.717) is 17.9 Å². The molecule has 0 bridgehead atoms. The molecule has 6 heteroatoms. The van der Waals surface area contributed by atoms with E-state index in [0.717, 1.165) is 39.1 Å². The van der Waals surface area contributed by atoms with Crippen LogP contribution in [0.3, 0.4) is 0 Å². The Kier molecular flexibility index (Phi) is 6.18. The molecular formula is C19H29N5O. The van der Waals surface area contributed by atoms with Crippen molar-refractivity contribution in [3.05, 3.63) is 42.5 Å². The number of aliphatic hydroxyl groups is 1. The fraction of sp³-hybridized carbons (Fsp3) is 0.579. The number of hydrogen-bond acceptors (Lipinski definition) is 5. The van der Waals surface area contributed by atoms with Crippen molar-refractivity contribution in [3.63, 3.8) is 0 Å². The summed E-state index contributed by atoms with van der Waals surface area (Å²) in [5, 5.41) is 9.44. The zero-order valence-electron chi connectivity index (χ0n) is 15.3. The van der Waals surface area contributed by atoms with Crippen LogP contribution in [0.2, 0.25) is 0 Å². The molecule has 3 rings (SSSR count). The molecule has 0 saturated carbocycles. The number of aliphatic hydroxyl groups excluding tert-OH is 1. The van der Waals surface area contributed by atoms with Crippen LogP contribution < -0.4 is 0 Å². The van der Waals surface area contributed by atoms with Gasteiger partial charge in [0.05, 0.1) is 0 Å². The number of piperazine rings is 1. The molecule has 1 unspecified atom stereocenters. The highest BCUT2D eigenvalue weighted by atomic mass is 16.3. The predicted molar refractivity (Wildman–Crippen MR) is 98.5 cm³/mol. The summed E-state index contributed by atoms with van der Waals surface area (Å²) in [5.41, 5.74) is 1.20. The molecule has 0 aromatic carbocycles. The minimum absolute atomic E-state index is 0.251. The standard InChI is InChI=1S/C19H29N5O/c1-16(2)13-23-11-10-22(14-17(23)6-12-25)15-18-5-3-9-24(18)19-20-7-4-8-21-19/h3-5,7-9,16-17,25H,6,10-15H2,1-2H3. The first-order valence-electron chi connectivity index (χ1n) is 9.18. The molecule has 1 saturated heterocycles. The van der Waals surface area contributed by atoms with Gasteiger partial charge < -0.3 is 5.11 Å². The van der Waals surface area contributed by atoms with E-state index in [4.69, 9.17) is 0 Å². The molecule has 1 fully saturated rings. The van der Waals surface area contributed by atoms with Gasteiger partial charge in [0, 0.05) is 69.7 Å². The molecular weight excluding hydrogens is 314 g/mol. The maximum Gasteiger partial charge on any atom is 0.233 e. The Labute approximate surface area is 150 Å². The normalized spacial score (nSPS) is 19.6. The number of nitrogens with zero attached hydrogens (tertiary/aromatic N) is 5. The quantitative estimate of drug-likeness (QED) is 0.831. The molecule has 136 valence electrons. The molecule has 2 aromatic heterocycles. The maximum atomic E-state index is 9.44. The highest BCUT2D eigenvalue weighted by Gasteiger charge is 2.27. The summed E-state index contributed by atoms with van der Waals surface area (Å²) in [7, 11) is 0. The molecule has 6 nitrogen and oxygen atoms in total. The van der Waals surface area contributed by atoms with Gasteiger partial charge in [0.2, 0.25) is 5.95 Å². The van der Waals surface area contributed by atoms with E-state index >= 15 is 0 Å². The monoisotopic (exact) mass is 343 g/mol. The molecule has 0 radical (unpaired) electrons. The third kappa shape index (κ3) is 4.66. The van der Waals surface area contributed by atoms with Gasteiger partial charge in [-0.3, -0.25) is 14.4 Å². The van der Waals surface area contributed by atoms with Crippen LogP contribution in [-0.2, 0) is 6.54 Å². The van der Waals surface area contributed by atoms with E-state index in [2.05, 4.69) is 44.2 Å². The van der Waals surface area contributed by atoms with Gasteiger partial charge in [-0.25, -0.2) is 9.97 Å². The van der Waals surface area contributed by atoms with Crippen molar-refractivity contribution in [3.8, 4) is 5.95 Å². The van der Waals surface area contributed by atoms with Crippen molar-refractivity contribution in [2.75, 3.05) is 32.8 Å². The van der Waals surface area contributed by atoms with Crippen molar-refractivity contribution in [1.29, 1.82) is 0 Å². The Morgan fingerprint density at radius 1 is 1.20 bits per heavy atom. The van der Waals surface area contributed by atoms with E-state index in [1.54, 1.807) is 12.4 Å². The van der Waals surface area contributed by atoms with Gasteiger partial charge in [0.25, 0.3) is 0 Å². The van der Waals surface area contributed by atoms with Gasteiger partial charge in [0.1, 0.15) is 0 Å². The minimum atomic E-state index is 0.251. The molecule has 1 atom stereocenters. The summed E-state index contributed by atoms with van der Waals surface area (Å²) in [6.45, 7) is 9.86. The van der Waals surface area contributed by atoms with Crippen LogP contribution >= 0.6 is 0 Å². The Bertz CT molecular complexity index is 642. The van der Waals surface area contributed by atoms with Crippen LogP contribution in [-0.4, -0.2) is 68.3 Å². The molecule has 1 aliphatic heterocycles. The van der Waals surface area contributed by atoms with E-state index in [9.17, 15) is 5.11 Å². The summed E-state index contributed by atoms with van der Waals surface area (Å²) >= 11 is 0. The van der Waals surface area contributed by atoms with Crippen LogP contribution in [0.1, 0.15) is 26.0 Å². The maximum absolute atomic E-state index is 9.44. The summed E-state index contributed by atoms with van der Waals surface area (Å²) in [6, 6.07) is 6.45. The lowest BCUT2D eigenvalue weighted by Gasteiger charge is -2.42. The molecule has 1 aliphatic rings. The van der Waals surface area contributed by atoms with Crippen molar-refractivity contribution in [2.45, 2.75) is 32.9 Å². The lowest BCUT2D eigenvalue weighted by atomic mass is 10.1. The Hall–Kier alpha value is -1.76. The van der Waals surface area contributed by atoms with Crippen molar-refractivity contribution < 1.29 is 5.11 Å². The molecule has 2 aromatic rings. The van der Waals surface area contributed by atoms with Gasteiger partial charge in [-0.2, -0.15) is 0 Å². The SMILES string of the molecule is CC(C)CN1CCN(Cc2cccn2-c2ncccn2)CC1CCO. The van der Waals surface area contributed by atoms with Crippen LogP contribution in [0.5, 0.6) is 0 Å². The van der Waals surface area contributed by atoms with Gasteiger partial charge in [-0.05, 0) is 30.5 Å². The average Bonchev–Trinajstić information content (AvgIpc) is 3.06. The van der Waals surface area contributed by atoms with Gasteiger partial charge in [0.15, 0.2) is 0 Å². The van der Waals surface area contributed by atoms with Gasteiger partial charge in [-0.15, -0.1) is 0 Å². The van der Waals surface area contributed by atoms with Crippen molar-refractivity contribution in [1.82, 2.24) is 24.3 Å². The number of hydrogen-bond donors (Lipinski definition) is 1. The van der Waals surface area contributed by atoms with Gasteiger partial charge in [-0.1, -0.05) is 13.8 Å². The zero-order chi connectivity index (χ0) is 17.6. The Balaban J connectivity index is 1.67. The van der Waals surface area contributed by atoms with Gasteiger partial charge >= 0.3 is 0 Å². The highest BCUT2D eigenvalue weighted by molar-refractivity contribution is 5.20. The molecule has 3 heterocycles. The van der Waals surface area contributed by atoms with Crippen molar-refractivity contribution in [2.24, 2.45) is 5.92 Å². The molecule has 25 heavy (non-hydrogen) atoms. The second-order valence-corrected chi connectivity index (χ2v) is 7.21. The average molecular weight is 343 g/mol. The highest BCUT2D eigenvalue weighted by Crippen LogP contribution is 2.18. The fourth-order valence-corrected chi connectivity index (χ4v) is 3.62. The second-order valence-electron chi connectivity index (χ2n) is 7.21. The van der Waals surface area contributed by atoms with E-state index in [1.165, 1.54) is 5.69 Å². The third-order valence-corrected chi connectivity index (χ3v) is 4.74. The first-order chi connectivity index (χ1) is 12.2. The Morgan fingerprint density at radius 3 is 2.72 bits per heavy atom. The van der Waals surface area contributed by atoms with Crippen LogP contribution in [0.25, 0.3) is 5.95 Å². The molecule has 0 amide bonds. The van der Waals surface area contributed by atoms with Crippen molar-refractivity contribution >= 4 is 0 Å². The first-order valence-corrected chi connectivity index (χ1v) is 9.18. The summed E-state index contributed by atoms with van der Waals surface area (Å²) < 4.78 is 2.06. The molecule has 1 N–H and O–H groups in total. The Morgan fingerprint density at radius 2 is 2.00 bits per heavy atom. The van der Waals surface area contributed by atoms with Crippen LogP contribution in [0.4, 0.5) is 0 Å². The minimum Gasteiger partial charge on any atom is -0.396 e. The lowest BCUT2D eigenvalue weighted by Crippen LogP contribution is -2.54. The van der Waals surface area contributed by atoms with E-state index < -0.39 is 0 Å². The number of rotatable bonds is 7. The summed E-state index contributed by atoms with van der Waals surface area (Å²) in [6.07, 6.45) is 6.40. The zero-order valence-corrected chi connectivity index (χ0v) is 15.3. The smallest absolute Gasteiger partial charge is 0.233 e. The molecule has 0 aliphatic carbocycles. The largest absolute Gasteiger partial charge is 0.396 e. The second kappa shape index (κ2) is 8.56.